The van der Waals surface area contributed by atoms with Crippen LogP contribution in [0.4, 0.5) is 0 Å². The summed E-state index contributed by atoms with van der Waals surface area (Å²) in [6, 6.07) is 5.61. The molecule has 4 nitrogen and oxygen atoms in total. The standard InChI is InChI=1S/C13H19NO3/c1-9-5-6-12(17-4)10(7-9)11(13(15)16)8-14(2)3/h5-7,11H,8H2,1-4H3,(H,15,16). The molecule has 0 bridgehead atoms. The molecule has 0 aromatic heterocycles. The second-order valence-corrected chi connectivity index (χ2v) is 4.40. The minimum absolute atomic E-state index is 0.454. The van der Waals surface area contributed by atoms with Gasteiger partial charge in [0.1, 0.15) is 5.75 Å². The van der Waals surface area contributed by atoms with E-state index in [0.717, 1.165) is 11.1 Å². The van der Waals surface area contributed by atoms with Crippen LogP contribution in [0.3, 0.4) is 0 Å². The molecule has 0 saturated carbocycles. The molecule has 0 aliphatic heterocycles. The van der Waals surface area contributed by atoms with Gasteiger partial charge in [-0.1, -0.05) is 17.7 Å². The highest BCUT2D eigenvalue weighted by Crippen LogP contribution is 2.28. The third kappa shape index (κ3) is 3.46. The molecule has 0 aliphatic carbocycles. The molecule has 1 atom stereocenters. The van der Waals surface area contributed by atoms with Gasteiger partial charge in [0.2, 0.25) is 0 Å². The van der Waals surface area contributed by atoms with E-state index in [1.54, 1.807) is 7.11 Å². The van der Waals surface area contributed by atoms with E-state index in [2.05, 4.69) is 0 Å². The van der Waals surface area contributed by atoms with Crippen molar-refractivity contribution in [3.05, 3.63) is 29.3 Å². The molecule has 1 N–H and O–H groups in total. The molecule has 1 aromatic carbocycles. The maximum Gasteiger partial charge on any atom is 0.312 e. The first-order valence-electron chi connectivity index (χ1n) is 5.47. The Kier molecular flexibility index (Phi) is 4.52. The molecule has 1 aromatic rings. The number of carboxylic acids is 1. The van der Waals surface area contributed by atoms with Gasteiger partial charge in [-0.25, -0.2) is 0 Å². The second-order valence-electron chi connectivity index (χ2n) is 4.40. The van der Waals surface area contributed by atoms with Crippen LogP contribution in [-0.4, -0.2) is 43.7 Å². The van der Waals surface area contributed by atoms with Gasteiger partial charge in [-0.05, 0) is 27.1 Å². The molecule has 0 amide bonds. The van der Waals surface area contributed by atoms with Crippen LogP contribution >= 0.6 is 0 Å². The lowest BCUT2D eigenvalue weighted by Gasteiger charge is -2.20. The van der Waals surface area contributed by atoms with E-state index < -0.39 is 11.9 Å². The van der Waals surface area contributed by atoms with E-state index in [-0.39, 0.29) is 0 Å². The largest absolute Gasteiger partial charge is 0.496 e. The fourth-order valence-electron chi connectivity index (χ4n) is 1.80. The molecule has 0 fully saturated rings. The Morgan fingerprint density at radius 2 is 2.12 bits per heavy atom. The van der Waals surface area contributed by atoms with Crippen molar-refractivity contribution in [2.24, 2.45) is 0 Å². The number of methoxy groups -OCH3 is 1. The Labute approximate surface area is 102 Å². The Morgan fingerprint density at radius 1 is 1.47 bits per heavy atom. The number of aryl methyl sites for hydroxylation is 1. The van der Waals surface area contributed by atoms with Gasteiger partial charge in [0, 0.05) is 12.1 Å². The lowest BCUT2D eigenvalue weighted by molar-refractivity contribution is -0.139. The molecule has 0 saturated heterocycles. The van der Waals surface area contributed by atoms with E-state index in [4.69, 9.17) is 4.74 Å². The molecule has 4 heteroatoms. The summed E-state index contributed by atoms with van der Waals surface area (Å²) in [5, 5.41) is 9.30. The summed E-state index contributed by atoms with van der Waals surface area (Å²) in [6.07, 6.45) is 0. The SMILES string of the molecule is COc1ccc(C)cc1C(CN(C)C)C(=O)O. The van der Waals surface area contributed by atoms with E-state index in [1.807, 2.05) is 44.1 Å². The number of rotatable bonds is 5. The predicted octanol–water partition coefficient (Wildman–Crippen LogP) is 1.73. The zero-order valence-corrected chi connectivity index (χ0v) is 10.7. The highest BCUT2D eigenvalue weighted by molar-refractivity contribution is 5.77. The summed E-state index contributed by atoms with van der Waals surface area (Å²) in [6.45, 7) is 2.40. The number of carboxylic acid groups (broad SMARTS) is 1. The van der Waals surface area contributed by atoms with Crippen LogP contribution < -0.4 is 4.74 Å². The lowest BCUT2D eigenvalue weighted by Crippen LogP contribution is -2.26. The number of benzene rings is 1. The van der Waals surface area contributed by atoms with E-state index >= 15 is 0 Å². The number of carbonyl (C=O) groups is 1. The van der Waals surface area contributed by atoms with E-state index in [0.29, 0.717) is 12.3 Å². The number of hydrogen-bond acceptors (Lipinski definition) is 3. The molecule has 0 aliphatic rings. The number of nitrogens with zero attached hydrogens (tertiary/aromatic N) is 1. The van der Waals surface area contributed by atoms with Crippen molar-refractivity contribution in [3.8, 4) is 5.75 Å². The van der Waals surface area contributed by atoms with Crippen molar-refractivity contribution in [1.82, 2.24) is 4.90 Å². The fraction of sp³-hybridized carbons (Fsp3) is 0.462. The Balaban J connectivity index is 3.16. The predicted molar refractivity (Wildman–Crippen MR) is 66.7 cm³/mol. The van der Waals surface area contributed by atoms with Crippen LogP contribution in [-0.2, 0) is 4.79 Å². The van der Waals surface area contributed by atoms with Crippen molar-refractivity contribution in [2.45, 2.75) is 12.8 Å². The molecular weight excluding hydrogens is 218 g/mol. The first kappa shape index (κ1) is 13.5. The molecule has 17 heavy (non-hydrogen) atoms. The van der Waals surface area contributed by atoms with Crippen LogP contribution in [0.1, 0.15) is 17.0 Å². The zero-order chi connectivity index (χ0) is 13.0. The smallest absolute Gasteiger partial charge is 0.312 e. The van der Waals surface area contributed by atoms with Crippen molar-refractivity contribution >= 4 is 5.97 Å². The Hall–Kier alpha value is -1.55. The van der Waals surface area contributed by atoms with Crippen LogP contribution in [0.2, 0.25) is 0 Å². The summed E-state index contributed by atoms with van der Waals surface area (Å²) >= 11 is 0. The van der Waals surface area contributed by atoms with Gasteiger partial charge in [0.25, 0.3) is 0 Å². The van der Waals surface area contributed by atoms with Gasteiger partial charge in [0.05, 0.1) is 13.0 Å². The Morgan fingerprint density at radius 3 is 2.59 bits per heavy atom. The fourth-order valence-corrected chi connectivity index (χ4v) is 1.80. The maximum absolute atomic E-state index is 11.3. The van der Waals surface area contributed by atoms with Gasteiger partial charge >= 0.3 is 5.97 Å². The summed E-state index contributed by atoms with van der Waals surface area (Å²) in [5.41, 5.74) is 1.76. The van der Waals surface area contributed by atoms with Gasteiger partial charge < -0.3 is 14.7 Å². The van der Waals surface area contributed by atoms with Crippen LogP contribution in [0.5, 0.6) is 5.75 Å². The van der Waals surface area contributed by atoms with Crippen molar-refractivity contribution in [3.63, 3.8) is 0 Å². The van der Waals surface area contributed by atoms with Crippen molar-refractivity contribution in [1.29, 1.82) is 0 Å². The van der Waals surface area contributed by atoms with E-state index in [9.17, 15) is 9.90 Å². The van der Waals surface area contributed by atoms with Gasteiger partial charge in [-0.15, -0.1) is 0 Å². The monoisotopic (exact) mass is 237 g/mol. The zero-order valence-electron chi connectivity index (χ0n) is 10.7. The van der Waals surface area contributed by atoms with Crippen LogP contribution in [0, 0.1) is 6.92 Å². The van der Waals surface area contributed by atoms with Gasteiger partial charge in [-0.3, -0.25) is 4.79 Å². The summed E-state index contributed by atoms with van der Waals surface area (Å²) in [7, 11) is 5.28. The third-order valence-electron chi connectivity index (χ3n) is 2.61. The molecular formula is C13H19NO3. The van der Waals surface area contributed by atoms with Crippen molar-refractivity contribution in [2.75, 3.05) is 27.7 Å². The number of hydrogen-bond donors (Lipinski definition) is 1. The highest BCUT2D eigenvalue weighted by atomic mass is 16.5. The second kappa shape index (κ2) is 5.68. The minimum Gasteiger partial charge on any atom is -0.496 e. The summed E-state index contributed by atoms with van der Waals surface area (Å²) < 4.78 is 5.23. The van der Waals surface area contributed by atoms with Crippen LogP contribution in [0.15, 0.2) is 18.2 Å². The molecule has 1 unspecified atom stereocenters. The normalized spacial score (nSPS) is 12.5. The average molecular weight is 237 g/mol. The molecule has 0 radical (unpaired) electrons. The molecule has 94 valence electrons. The maximum atomic E-state index is 11.3. The molecule has 0 heterocycles. The lowest BCUT2D eigenvalue weighted by atomic mass is 9.96. The summed E-state index contributed by atoms with van der Waals surface area (Å²) in [5.74, 6) is -0.771. The van der Waals surface area contributed by atoms with Gasteiger partial charge in [0.15, 0.2) is 0 Å². The molecule has 0 spiro atoms. The van der Waals surface area contributed by atoms with E-state index in [1.165, 1.54) is 0 Å². The first-order valence-corrected chi connectivity index (χ1v) is 5.47. The highest BCUT2D eigenvalue weighted by Gasteiger charge is 2.24. The number of aliphatic carboxylic acids is 1. The first-order chi connectivity index (χ1) is 7.95. The third-order valence-corrected chi connectivity index (χ3v) is 2.61. The quantitative estimate of drug-likeness (QED) is 0.847. The Bertz CT molecular complexity index is 402. The summed E-state index contributed by atoms with van der Waals surface area (Å²) in [4.78, 5) is 13.2. The number of ether oxygens (including phenoxy) is 1. The number of likely N-dealkylation sites (N-methyl/N-ethyl adjacent to an activating group) is 1. The molecule has 1 rings (SSSR count). The van der Waals surface area contributed by atoms with Crippen molar-refractivity contribution < 1.29 is 14.6 Å². The average Bonchev–Trinajstić information content (AvgIpc) is 2.25. The minimum atomic E-state index is -0.831. The van der Waals surface area contributed by atoms with Gasteiger partial charge in [-0.2, -0.15) is 0 Å². The van der Waals surface area contributed by atoms with Crippen LogP contribution in [0.25, 0.3) is 0 Å². The topological polar surface area (TPSA) is 49.8 Å².